The number of benzene rings is 2. The summed E-state index contributed by atoms with van der Waals surface area (Å²) in [4.78, 5) is 30.2. The Morgan fingerprint density at radius 1 is 1.25 bits per heavy atom. The molecule has 0 spiro atoms. The van der Waals surface area contributed by atoms with Gasteiger partial charge in [-0.3, -0.25) is 19.8 Å². The normalized spacial score (nSPS) is 16.6. The zero-order valence-electron chi connectivity index (χ0n) is 18.1. The van der Waals surface area contributed by atoms with E-state index in [0.717, 1.165) is 30.5 Å². The second-order valence-corrected chi connectivity index (χ2v) is 8.10. The van der Waals surface area contributed by atoms with Crippen molar-refractivity contribution < 1.29 is 14.2 Å². The standard InChI is InChI=1S/C23H25N5O4/c1-15-7-3-4-9-18(15)22-25-21(32-26-22)14-27-12-6-8-17(13-27)23(29)24-19-10-5-11-20(16(19)2)28(30)31/h3-5,7,9-11,17H,6,8,12-14H2,1-2H3,(H,24,29). The van der Waals surface area contributed by atoms with Gasteiger partial charge in [-0.15, -0.1) is 0 Å². The quantitative estimate of drug-likeness (QED) is 0.458. The van der Waals surface area contributed by atoms with Crippen LogP contribution in [0, 0.1) is 29.9 Å². The highest BCUT2D eigenvalue weighted by Gasteiger charge is 2.28. The minimum absolute atomic E-state index is 0.00563. The molecule has 2 heterocycles. The lowest BCUT2D eigenvalue weighted by Gasteiger charge is -2.31. The van der Waals surface area contributed by atoms with Gasteiger partial charge < -0.3 is 9.84 Å². The van der Waals surface area contributed by atoms with Crippen LogP contribution in [0.1, 0.15) is 29.9 Å². The predicted molar refractivity (Wildman–Crippen MR) is 119 cm³/mol. The number of nitro groups is 1. The topological polar surface area (TPSA) is 114 Å². The maximum atomic E-state index is 12.9. The number of aromatic nitrogens is 2. The second kappa shape index (κ2) is 9.27. The van der Waals surface area contributed by atoms with Crippen molar-refractivity contribution in [3.63, 3.8) is 0 Å². The van der Waals surface area contributed by atoms with E-state index in [2.05, 4.69) is 20.4 Å². The molecule has 1 unspecified atom stereocenters. The molecule has 9 nitrogen and oxygen atoms in total. The van der Waals surface area contributed by atoms with E-state index < -0.39 is 4.92 Å². The first kappa shape index (κ1) is 21.6. The number of piperidine rings is 1. The van der Waals surface area contributed by atoms with E-state index in [-0.39, 0.29) is 17.5 Å². The number of hydrogen-bond acceptors (Lipinski definition) is 7. The maximum absolute atomic E-state index is 12.9. The molecule has 1 atom stereocenters. The van der Waals surface area contributed by atoms with Crippen molar-refractivity contribution >= 4 is 17.3 Å². The van der Waals surface area contributed by atoms with Crippen LogP contribution in [0.25, 0.3) is 11.4 Å². The fourth-order valence-electron chi connectivity index (χ4n) is 4.05. The molecule has 0 aliphatic carbocycles. The monoisotopic (exact) mass is 435 g/mol. The molecule has 4 rings (SSSR count). The lowest BCUT2D eigenvalue weighted by molar-refractivity contribution is -0.385. The third-order valence-corrected chi connectivity index (χ3v) is 5.85. The molecule has 2 aromatic carbocycles. The zero-order chi connectivity index (χ0) is 22.7. The number of anilines is 1. The summed E-state index contributed by atoms with van der Waals surface area (Å²) in [5.74, 6) is 0.718. The van der Waals surface area contributed by atoms with Crippen molar-refractivity contribution in [2.45, 2.75) is 33.2 Å². The average Bonchev–Trinajstić information content (AvgIpc) is 3.23. The summed E-state index contributed by atoms with van der Waals surface area (Å²) in [6.07, 6.45) is 1.62. The van der Waals surface area contributed by atoms with Crippen molar-refractivity contribution in [3.05, 3.63) is 69.6 Å². The Hall–Kier alpha value is -3.59. The number of nitrogens with one attached hydrogen (secondary N) is 1. The first-order valence-electron chi connectivity index (χ1n) is 10.6. The van der Waals surface area contributed by atoms with Crippen molar-refractivity contribution in [2.75, 3.05) is 18.4 Å². The number of hydrogen-bond donors (Lipinski definition) is 1. The summed E-state index contributed by atoms with van der Waals surface area (Å²) >= 11 is 0. The minimum Gasteiger partial charge on any atom is -0.338 e. The molecule has 9 heteroatoms. The van der Waals surface area contributed by atoms with Crippen LogP contribution in [-0.4, -0.2) is 39.0 Å². The first-order chi connectivity index (χ1) is 15.4. The van der Waals surface area contributed by atoms with E-state index in [1.807, 2.05) is 31.2 Å². The summed E-state index contributed by atoms with van der Waals surface area (Å²) < 4.78 is 5.45. The number of carbonyl (C=O) groups is 1. The van der Waals surface area contributed by atoms with Crippen LogP contribution < -0.4 is 5.32 Å². The summed E-state index contributed by atoms with van der Waals surface area (Å²) in [6.45, 7) is 5.51. The average molecular weight is 435 g/mol. The molecule has 0 radical (unpaired) electrons. The van der Waals surface area contributed by atoms with Crippen molar-refractivity contribution in [1.29, 1.82) is 0 Å². The number of amides is 1. The molecule has 1 fully saturated rings. The van der Waals surface area contributed by atoms with Gasteiger partial charge in [0.1, 0.15) is 0 Å². The van der Waals surface area contributed by atoms with Crippen LogP contribution in [0.5, 0.6) is 0 Å². The van der Waals surface area contributed by atoms with Crippen molar-refractivity contribution in [1.82, 2.24) is 15.0 Å². The van der Waals surface area contributed by atoms with Crippen LogP contribution >= 0.6 is 0 Å². The van der Waals surface area contributed by atoms with Crippen LogP contribution in [0.15, 0.2) is 47.0 Å². The Labute approximate surface area is 185 Å². The van der Waals surface area contributed by atoms with Gasteiger partial charge in [-0.05, 0) is 44.9 Å². The molecule has 1 aliphatic heterocycles. The molecule has 1 amide bonds. The lowest BCUT2D eigenvalue weighted by Crippen LogP contribution is -2.40. The Morgan fingerprint density at radius 2 is 2.06 bits per heavy atom. The van der Waals surface area contributed by atoms with Crippen LogP contribution in [0.4, 0.5) is 11.4 Å². The molecule has 1 aliphatic rings. The number of rotatable bonds is 6. The Morgan fingerprint density at radius 3 is 2.84 bits per heavy atom. The smallest absolute Gasteiger partial charge is 0.274 e. The number of carbonyl (C=O) groups excluding carboxylic acids is 1. The van der Waals surface area contributed by atoms with Gasteiger partial charge in [0.15, 0.2) is 0 Å². The van der Waals surface area contributed by atoms with Gasteiger partial charge in [0.2, 0.25) is 17.6 Å². The number of nitro benzene ring substituents is 1. The molecule has 3 aromatic rings. The summed E-state index contributed by atoms with van der Waals surface area (Å²) in [5, 5.41) is 18.1. The molecule has 32 heavy (non-hydrogen) atoms. The van der Waals surface area contributed by atoms with Gasteiger partial charge in [-0.1, -0.05) is 35.5 Å². The molecule has 0 bridgehead atoms. The predicted octanol–water partition coefficient (Wildman–Crippen LogP) is 4.11. The largest absolute Gasteiger partial charge is 0.338 e. The van der Waals surface area contributed by atoms with E-state index >= 15 is 0 Å². The lowest BCUT2D eigenvalue weighted by atomic mass is 9.97. The summed E-state index contributed by atoms with van der Waals surface area (Å²) in [6, 6.07) is 12.6. The third kappa shape index (κ3) is 4.67. The number of aryl methyl sites for hydroxylation is 1. The van der Waals surface area contributed by atoms with Gasteiger partial charge in [-0.2, -0.15) is 4.98 Å². The van der Waals surface area contributed by atoms with E-state index in [9.17, 15) is 14.9 Å². The summed E-state index contributed by atoms with van der Waals surface area (Å²) in [5.41, 5.74) is 2.93. The van der Waals surface area contributed by atoms with Crippen molar-refractivity contribution in [2.24, 2.45) is 5.92 Å². The van der Waals surface area contributed by atoms with Gasteiger partial charge in [0.05, 0.1) is 28.6 Å². The SMILES string of the molecule is Cc1ccccc1-c1noc(CN2CCCC(C(=O)Nc3cccc([N+](=O)[O-])c3C)C2)n1. The van der Waals surface area contributed by atoms with E-state index in [4.69, 9.17) is 4.52 Å². The number of nitrogens with zero attached hydrogens (tertiary/aromatic N) is 4. The van der Waals surface area contributed by atoms with E-state index in [1.165, 1.54) is 6.07 Å². The van der Waals surface area contributed by atoms with E-state index in [1.54, 1.807) is 19.1 Å². The zero-order valence-corrected chi connectivity index (χ0v) is 18.1. The highest BCUT2D eigenvalue weighted by atomic mass is 16.6. The fraction of sp³-hybridized carbons (Fsp3) is 0.348. The molecule has 1 N–H and O–H groups in total. The molecule has 1 saturated heterocycles. The third-order valence-electron chi connectivity index (χ3n) is 5.85. The Kier molecular flexibility index (Phi) is 6.27. The molecule has 1 aromatic heterocycles. The highest BCUT2D eigenvalue weighted by molar-refractivity contribution is 5.94. The van der Waals surface area contributed by atoms with Crippen LogP contribution in [0.3, 0.4) is 0 Å². The van der Waals surface area contributed by atoms with Crippen LogP contribution in [0.2, 0.25) is 0 Å². The number of likely N-dealkylation sites (tertiary alicyclic amines) is 1. The molecular weight excluding hydrogens is 410 g/mol. The Balaban J connectivity index is 1.40. The van der Waals surface area contributed by atoms with Crippen molar-refractivity contribution in [3.8, 4) is 11.4 Å². The van der Waals surface area contributed by atoms with Gasteiger partial charge >= 0.3 is 0 Å². The van der Waals surface area contributed by atoms with Crippen LogP contribution in [-0.2, 0) is 11.3 Å². The van der Waals surface area contributed by atoms with Gasteiger partial charge in [0.25, 0.3) is 5.69 Å². The second-order valence-electron chi connectivity index (χ2n) is 8.10. The maximum Gasteiger partial charge on any atom is 0.274 e. The first-order valence-corrected chi connectivity index (χ1v) is 10.6. The summed E-state index contributed by atoms with van der Waals surface area (Å²) in [7, 11) is 0. The molecular formula is C23H25N5O4. The highest BCUT2D eigenvalue weighted by Crippen LogP contribution is 2.27. The minimum atomic E-state index is -0.442. The van der Waals surface area contributed by atoms with Gasteiger partial charge in [0, 0.05) is 18.2 Å². The van der Waals surface area contributed by atoms with E-state index in [0.29, 0.717) is 36.1 Å². The van der Waals surface area contributed by atoms with Gasteiger partial charge in [-0.25, -0.2) is 0 Å². The molecule has 0 saturated carbocycles. The Bertz CT molecular complexity index is 1140. The fourth-order valence-corrected chi connectivity index (χ4v) is 4.05. The molecule has 166 valence electrons.